The molecule has 1 aromatic rings. The van der Waals surface area contributed by atoms with E-state index in [1.165, 1.54) is 6.92 Å². The highest BCUT2D eigenvalue weighted by Crippen LogP contribution is 2.30. The number of benzene rings is 1. The second-order valence-electron chi connectivity index (χ2n) is 3.59. The molecule has 82 valence electrons. The standard InChI is InChI=1S/C11H12BrFO2/c1-5-4-8(12)10(13)9(6(5)2)7(3)11(14)15/h4,7H,1-3H3,(H,14,15). The molecule has 0 aliphatic carbocycles. The van der Waals surface area contributed by atoms with Crippen LogP contribution in [0.25, 0.3) is 0 Å². The van der Waals surface area contributed by atoms with Crippen LogP contribution < -0.4 is 0 Å². The van der Waals surface area contributed by atoms with Gasteiger partial charge in [0.2, 0.25) is 0 Å². The van der Waals surface area contributed by atoms with Crippen molar-refractivity contribution in [3.8, 4) is 0 Å². The van der Waals surface area contributed by atoms with Crippen LogP contribution in [0.1, 0.15) is 29.5 Å². The van der Waals surface area contributed by atoms with Gasteiger partial charge in [0, 0.05) is 5.56 Å². The molecule has 0 amide bonds. The number of carbonyl (C=O) groups is 1. The van der Waals surface area contributed by atoms with E-state index in [2.05, 4.69) is 15.9 Å². The molecule has 0 radical (unpaired) electrons. The molecule has 1 aromatic carbocycles. The minimum Gasteiger partial charge on any atom is -0.481 e. The maximum Gasteiger partial charge on any atom is 0.310 e. The fourth-order valence-corrected chi connectivity index (χ4v) is 2.06. The maximum atomic E-state index is 13.7. The Balaban J connectivity index is 3.45. The summed E-state index contributed by atoms with van der Waals surface area (Å²) < 4.78 is 14.1. The van der Waals surface area contributed by atoms with Crippen molar-refractivity contribution in [1.29, 1.82) is 0 Å². The lowest BCUT2D eigenvalue weighted by atomic mass is 9.93. The van der Waals surface area contributed by atoms with Gasteiger partial charge in [0.15, 0.2) is 0 Å². The van der Waals surface area contributed by atoms with Crippen molar-refractivity contribution in [2.75, 3.05) is 0 Å². The Labute approximate surface area is 96.2 Å². The Kier molecular flexibility index (Phi) is 3.50. The van der Waals surface area contributed by atoms with Crippen LogP contribution in [0.15, 0.2) is 10.5 Å². The first-order valence-electron chi connectivity index (χ1n) is 4.54. The highest BCUT2D eigenvalue weighted by molar-refractivity contribution is 9.10. The fraction of sp³-hybridized carbons (Fsp3) is 0.364. The third kappa shape index (κ3) is 2.20. The molecule has 0 aromatic heterocycles. The van der Waals surface area contributed by atoms with E-state index in [1.54, 1.807) is 13.0 Å². The normalized spacial score (nSPS) is 12.6. The molecule has 1 atom stereocenters. The molecular weight excluding hydrogens is 263 g/mol. The second-order valence-corrected chi connectivity index (χ2v) is 4.44. The predicted octanol–water partition coefficient (Wildman–Crippen LogP) is 3.39. The van der Waals surface area contributed by atoms with Crippen molar-refractivity contribution in [1.82, 2.24) is 0 Å². The molecule has 1 unspecified atom stereocenters. The lowest BCUT2D eigenvalue weighted by Crippen LogP contribution is -2.12. The van der Waals surface area contributed by atoms with Crippen LogP contribution in [0.3, 0.4) is 0 Å². The number of aryl methyl sites for hydroxylation is 1. The topological polar surface area (TPSA) is 37.3 Å². The highest BCUT2D eigenvalue weighted by Gasteiger charge is 2.22. The molecule has 15 heavy (non-hydrogen) atoms. The summed E-state index contributed by atoms with van der Waals surface area (Å²) in [6.07, 6.45) is 0. The highest BCUT2D eigenvalue weighted by atomic mass is 79.9. The molecule has 0 aliphatic heterocycles. The van der Waals surface area contributed by atoms with E-state index in [-0.39, 0.29) is 5.56 Å². The number of hydrogen-bond acceptors (Lipinski definition) is 1. The summed E-state index contributed by atoms with van der Waals surface area (Å²) in [5.41, 5.74) is 1.84. The zero-order valence-corrected chi connectivity index (χ0v) is 10.4. The van der Waals surface area contributed by atoms with Gasteiger partial charge in [0.05, 0.1) is 10.4 Å². The van der Waals surface area contributed by atoms with Crippen LogP contribution in [-0.4, -0.2) is 11.1 Å². The lowest BCUT2D eigenvalue weighted by molar-refractivity contribution is -0.138. The molecule has 4 heteroatoms. The Morgan fingerprint density at radius 3 is 2.53 bits per heavy atom. The number of halogens is 2. The van der Waals surface area contributed by atoms with Gasteiger partial charge >= 0.3 is 5.97 Å². The molecule has 2 nitrogen and oxygen atoms in total. The van der Waals surface area contributed by atoms with Crippen LogP contribution in [0.5, 0.6) is 0 Å². The molecule has 1 N–H and O–H groups in total. The molecule has 0 aliphatic rings. The SMILES string of the molecule is Cc1cc(Br)c(F)c(C(C)C(=O)O)c1C. The smallest absolute Gasteiger partial charge is 0.310 e. The van der Waals surface area contributed by atoms with Gasteiger partial charge in [-0.1, -0.05) is 0 Å². The summed E-state index contributed by atoms with van der Waals surface area (Å²) in [4.78, 5) is 10.8. The quantitative estimate of drug-likeness (QED) is 0.898. The molecular formula is C11H12BrFO2. The van der Waals surface area contributed by atoms with E-state index in [1.807, 2.05) is 6.92 Å². The van der Waals surface area contributed by atoms with Gasteiger partial charge < -0.3 is 5.11 Å². The molecule has 0 heterocycles. The molecule has 0 saturated carbocycles. The largest absolute Gasteiger partial charge is 0.481 e. The van der Waals surface area contributed by atoms with E-state index >= 15 is 0 Å². The van der Waals surface area contributed by atoms with E-state index in [4.69, 9.17) is 5.11 Å². The van der Waals surface area contributed by atoms with E-state index in [0.29, 0.717) is 10.0 Å². The summed E-state index contributed by atoms with van der Waals surface area (Å²) in [6.45, 7) is 5.05. The van der Waals surface area contributed by atoms with Crippen molar-refractivity contribution >= 4 is 21.9 Å². The summed E-state index contributed by atoms with van der Waals surface area (Å²) in [5.74, 6) is -2.33. The number of hydrogen-bond donors (Lipinski definition) is 1. The van der Waals surface area contributed by atoms with Crippen LogP contribution >= 0.6 is 15.9 Å². The van der Waals surface area contributed by atoms with Crippen molar-refractivity contribution in [2.45, 2.75) is 26.7 Å². The van der Waals surface area contributed by atoms with Crippen molar-refractivity contribution in [3.05, 3.63) is 33.0 Å². The Morgan fingerprint density at radius 1 is 1.53 bits per heavy atom. The number of carboxylic acids is 1. The average Bonchev–Trinajstić information content (AvgIpc) is 2.15. The molecule has 1 rings (SSSR count). The third-order valence-electron chi connectivity index (χ3n) is 2.59. The monoisotopic (exact) mass is 274 g/mol. The number of aliphatic carboxylic acids is 1. The van der Waals surface area contributed by atoms with Gasteiger partial charge in [-0.2, -0.15) is 0 Å². The van der Waals surface area contributed by atoms with E-state index in [0.717, 1.165) is 5.56 Å². The zero-order chi connectivity index (χ0) is 11.7. The molecule has 0 fully saturated rings. The van der Waals surface area contributed by atoms with Crippen molar-refractivity contribution in [2.24, 2.45) is 0 Å². The van der Waals surface area contributed by atoms with Gasteiger partial charge in [0.25, 0.3) is 0 Å². The maximum absolute atomic E-state index is 13.7. The van der Waals surface area contributed by atoms with Crippen LogP contribution in [0.4, 0.5) is 4.39 Å². The molecule has 0 bridgehead atoms. The van der Waals surface area contributed by atoms with E-state index < -0.39 is 17.7 Å². The first-order chi connectivity index (χ1) is 6.86. The van der Waals surface area contributed by atoms with Crippen molar-refractivity contribution in [3.63, 3.8) is 0 Å². The second kappa shape index (κ2) is 4.31. The Morgan fingerprint density at radius 2 is 2.07 bits per heavy atom. The molecule has 0 saturated heterocycles. The first-order valence-corrected chi connectivity index (χ1v) is 5.33. The van der Waals surface area contributed by atoms with E-state index in [9.17, 15) is 9.18 Å². The van der Waals surface area contributed by atoms with Crippen LogP contribution in [0, 0.1) is 19.7 Å². The zero-order valence-electron chi connectivity index (χ0n) is 8.77. The summed E-state index contributed by atoms with van der Waals surface area (Å²) in [7, 11) is 0. The minimum absolute atomic E-state index is 0.259. The van der Waals surface area contributed by atoms with Crippen molar-refractivity contribution < 1.29 is 14.3 Å². The van der Waals surface area contributed by atoms with Gasteiger partial charge in [-0.05, 0) is 53.9 Å². The minimum atomic E-state index is -1.02. The average molecular weight is 275 g/mol. The Hall–Kier alpha value is -0.900. The molecule has 0 spiro atoms. The van der Waals surface area contributed by atoms with Crippen LogP contribution in [0.2, 0.25) is 0 Å². The number of carboxylic acid groups (broad SMARTS) is 1. The predicted molar refractivity (Wildman–Crippen MR) is 59.6 cm³/mol. The summed E-state index contributed by atoms with van der Waals surface area (Å²) in [6, 6.07) is 1.66. The van der Waals surface area contributed by atoms with Gasteiger partial charge in [0.1, 0.15) is 5.82 Å². The van der Waals surface area contributed by atoms with Gasteiger partial charge in [-0.3, -0.25) is 4.79 Å². The first kappa shape index (κ1) is 12.2. The Bertz CT molecular complexity index is 389. The summed E-state index contributed by atoms with van der Waals surface area (Å²) >= 11 is 3.08. The third-order valence-corrected chi connectivity index (χ3v) is 3.17. The number of rotatable bonds is 2. The fourth-order valence-electron chi connectivity index (χ4n) is 1.51. The lowest BCUT2D eigenvalue weighted by Gasteiger charge is -2.15. The van der Waals surface area contributed by atoms with Gasteiger partial charge in [-0.15, -0.1) is 0 Å². The van der Waals surface area contributed by atoms with Crippen LogP contribution in [-0.2, 0) is 4.79 Å². The summed E-state index contributed by atoms with van der Waals surface area (Å²) in [5, 5.41) is 8.88. The van der Waals surface area contributed by atoms with Gasteiger partial charge in [-0.25, -0.2) is 4.39 Å².